The monoisotopic (exact) mass is 363 g/mol. The lowest BCUT2D eigenvalue weighted by molar-refractivity contribution is 0.0760. The molecule has 0 radical (unpaired) electrons. The van der Waals surface area contributed by atoms with Crippen molar-refractivity contribution >= 4 is 33.0 Å². The van der Waals surface area contributed by atoms with E-state index in [0.717, 1.165) is 23.0 Å². The second kappa shape index (κ2) is 6.03. The van der Waals surface area contributed by atoms with Gasteiger partial charge in [-0.2, -0.15) is 0 Å². The Labute approximate surface area is 137 Å². The van der Waals surface area contributed by atoms with E-state index in [9.17, 15) is 4.79 Å². The minimum Gasteiger partial charge on any atom is -0.292 e. The first-order chi connectivity index (χ1) is 10.1. The third kappa shape index (κ3) is 2.85. The summed E-state index contributed by atoms with van der Waals surface area (Å²) < 4.78 is 1.00. The van der Waals surface area contributed by atoms with Gasteiger partial charge in [0.15, 0.2) is 5.78 Å². The highest BCUT2D eigenvalue weighted by Crippen LogP contribution is 2.34. The maximum atomic E-state index is 12.7. The molecule has 1 aromatic carbocycles. The van der Waals surface area contributed by atoms with Gasteiger partial charge in [-0.1, -0.05) is 28.1 Å². The van der Waals surface area contributed by atoms with Gasteiger partial charge >= 0.3 is 0 Å². The molecule has 0 aliphatic carbocycles. The molecular weight excluding hydrogens is 346 g/mol. The van der Waals surface area contributed by atoms with Gasteiger partial charge in [0.25, 0.3) is 0 Å². The summed E-state index contributed by atoms with van der Waals surface area (Å²) in [7, 11) is 0. The summed E-state index contributed by atoms with van der Waals surface area (Å²) in [6.07, 6.45) is 1.05. The van der Waals surface area contributed by atoms with E-state index >= 15 is 0 Å². The molecule has 2 heterocycles. The molecule has 0 fully saturated rings. The molecule has 0 saturated heterocycles. The lowest BCUT2D eigenvalue weighted by Crippen LogP contribution is -2.44. The molecule has 0 amide bonds. The largest absolute Gasteiger partial charge is 0.292 e. The van der Waals surface area contributed by atoms with Crippen LogP contribution in [0.15, 0.2) is 40.2 Å². The number of carbonyl (C=O) groups excluding carboxylic acids is 1. The predicted molar refractivity (Wildman–Crippen MR) is 91.1 cm³/mol. The second-order valence-corrected chi connectivity index (χ2v) is 7.43. The fourth-order valence-electron chi connectivity index (χ4n) is 3.06. The molecule has 3 rings (SSSR count). The van der Waals surface area contributed by atoms with Gasteiger partial charge in [0.2, 0.25) is 0 Å². The van der Waals surface area contributed by atoms with Crippen LogP contribution in [0.1, 0.15) is 40.7 Å². The van der Waals surface area contributed by atoms with E-state index in [2.05, 4.69) is 39.2 Å². The van der Waals surface area contributed by atoms with Crippen LogP contribution in [0.25, 0.3) is 0 Å². The van der Waals surface area contributed by atoms with Gasteiger partial charge in [-0.25, -0.2) is 0 Å². The van der Waals surface area contributed by atoms with Gasteiger partial charge in [0.05, 0.1) is 6.04 Å². The summed E-state index contributed by atoms with van der Waals surface area (Å²) in [4.78, 5) is 16.5. The fourth-order valence-corrected chi connectivity index (χ4v) is 4.29. The van der Waals surface area contributed by atoms with Gasteiger partial charge in [-0.05, 0) is 49.4 Å². The summed E-state index contributed by atoms with van der Waals surface area (Å²) in [5.41, 5.74) is 2.18. The first-order valence-electron chi connectivity index (χ1n) is 7.19. The van der Waals surface area contributed by atoms with Crippen molar-refractivity contribution < 1.29 is 4.79 Å². The molecule has 0 N–H and O–H groups in total. The Morgan fingerprint density at radius 3 is 2.76 bits per heavy atom. The van der Waals surface area contributed by atoms with E-state index in [4.69, 9.17) is 0 Å². The van der Waals surface area contributed by atoms with Crippen LogP contribution in [0.2, 0.25) is 0 Å². The zero-order chi connectivity index (χ0) is 15.0. The van der Waals surface area contributed by atoms with Crippen molar-refractivity contribution in [1.29, 1.82) is 0 Å². The van der Waals surface area contributed by atoms with Crippen LogP contribution < -0.4 is 0 Å². The average molecular weight is 364 g/mol. The van der Waals surface area contributed by atoms with Gasteiger partial charge in [0, 0.05) is 27.5 Å². The number of thiophene rings is 1. The molecule has 0 bridgehead atoms. The topological polar surface area (TPSA) is 20.3 Å². The lowest BCUT2D eigenvalue weighted by Gasteiger charge is -2.37. The maximum Gasteiger partial charge on any atom is 0.179 e. The van der Waals surface area contributed by atoms with Gasteiger partial charge in [-0.15, -0.1) is 11.3 Å². The molecule has 2 nitrogen and oxygen atoms in total. The van der Waals surface area contributed by atoms with E-state index in [1.165, 1.54) is 10.4 Å². The van der Waals surface area contributed by atoms with Crippen LogP contribution in [0.5, 0.6) is 0 Å². The summed E-state index contributed by atoms with van der Waals surface area (Å²) in [5.74, 6) is 0.202. The Morgan fingerprint density at radius 1 is 1.33 bits per heavy atom. The molecule has 0 saturated carbocycles. The molecule has 110 valence electrons. The minimum atomic E-state index is -0.0887. The van der Waals surface area contributed by atoms with E-state index in [-0.39, 0.29) is 11.8 Å². The van der Waals surface area contributed by atoms with Crippen molar-refractivity contribution in [3.05, 3.63) is 56.2 Å². The third-order valence-electron chi connectivity index (χ3n) is 4.33. The van der Waals surface area contributed by atoms with Gasteiger partial charge < -0.3 is 0 Å². The number of carbonyl (C=O) groups is 1. The second-order valence-electron chi connectivity index (χ2n) is 5.51. The summed E-state index contributed by atoms with van der Waals surface area (Å²) in [6, 6.07) is 10.1. The maximum absolute atomic E-state index is 12.7. The van der Waals surface area contributed by atoms with Crippen LogP contribution in [-0.4, -0.2) is 23.3 Å². The number of benzene rings is 1. The standard InChI is InChI=1S/C17H18BrNOS/c1-11-15-8-10-21-16(15)7-9-19(11)12(2)17(20)13-3-5-14(18)6-4-13/h3-6,8,10-12H,7,9H2,1-2H3. The summed E-state index contributed by atoms with van der Waals surface area (Å²) in [5, 5.41) is 2.16. The van der Waals surface area contributed by atoms with Crippen LogP contribution in [0.3, 0.4) is 0 Å². The number of rotatable bonds is 3. The molecular formula is C17H18BrNOS. The number of halogens is 1. The Bertz CT molecular complexity index is 649. The first-order valence-corrected chi connectivity index (χ1v) is 8.87. The van der Waals surface area contributed by atoms with E-state index in [1.807, 2.05) is 42.5 Å². The highest BCUT2D eigenvalue weighted by molar-refractivity contribution is 9.10. The third-order valence-corrected chi connectivity index (χ3v) is 5.86. The average Bonchev–Trinajstić information content (AvgIpc) is 2.96. The zero-order valence-electron chi connectivity index (χ0n) is 12.2. The van der Waals surface area contributed by atoms with Crippen molar-refractivity contribution in [2.45, 2.75) is 32.4 Å². The molecule has 1 aromatic heterocycles. The smallest absolute Gasteiger partial charge is 0.179 e. The SMILES string of the molecule is CC(C(=O)c1ccc(Br)cc1)N1CCc2sccc2C1C. The first kappa shape index (κ1) is 14.9. The quantitative estimate of drug-likeness (QED) is 0.736. The van der Waals surface area contributed by atoms with Gasteiger partial charge in [-0.3, -0.25) is 9.69 Å². The molecule has 2 aromatic rings. The fraction of sp³-hybridized carbons (Fsp3) is 0.353. The Balaban J connectivity index is 1.81. The van der Waals surface area contributed by atoms with E-state index in [1.54, 1.807) is 0 Å². The van der Waals surface area contributed by atoms with Crippen LogP contribution in [0, 0.1) is 0 Å². The highest BCUT2D eigenvalue weighted by Gasteiger charge is 2.31. The van der Waals surface area contributed by atoms with Gasteiger partial charge in [0.1, 0.15) is 0 Å². The molecule has 0 spiro atoms. The highest BCUT2D eigenvalue weighted by atomic mass is 79.9. The Kier molecular flexibility index (Phi) is 4.29. The minimum absolute atomic E-state index is 0.0887. The number of nitrogens with zero attached hydrogens (tertiary/aromatic N) is 1. The molecule has 2 unspecified atom stereocenters. The van der Waals surface area contributed by atoms with Crippen molar-refractivity contribution in [3.63, 3.8) is 0 Å². The van der Waals surface area contributed by atoms with Crippen molar-refractivity contribution in [1.82, 2.24) is 4.90 Å². The lowest BCUT2D eigenvalue weighted by atomic mass is 9.96. The summed E-state index contributed by atoms with van der Waals surface area (Å²) >= 11 is 5.24. The van der Waals surface area contributed by atoms with E-state index < -0.39 is 0 Å². The molecule has 1 aliphatic heterocycles. The molecule has 4 heteroatoms. The predicted octanol–water partition coefficient (Wildman–Crippen LogP) is 4.70. The van der Waals surface area contributed by atoms with Crippen molar-refractivity contribution in [2.24, 2.45) is 0 Å². The van der Waals surface area contributed by atoms with Crippen molar-refractivity contribution in [3.8, 4) is 0 Å². The Hall–Kier alpha value is -0.970. The molecule has 2 atom stereocenters. The number of ketones is 1. The zero-order valence-corrected chi connectivity index (χ0v) is 14.6. The Morgan fingerprint density at radius 2 is 2.05 bits per heavy atom. The summed E-state index contributed by atoms with van der Waals surface area (Å²) in [6.45, 7) is 5.19. The van der Waals surface area contributed by atoms with Crippen LogP contribution in [-0.2, 0) is 6.42 Å². The van der Waals surface area contributed by atoms with Crippen LogP contribution in [0.4, 0.5) is 0 Å². The van der Waals surface area contributed by atoms with E-state index in [0.29, 0.717) is 6.04 Å². The van der Waals surface area contributed by atoms with Crippen molar-refractivity contribution in [2.75, 3.05) is 6.54 Å². The number of Topliss-reactive ketones (excluding diaryl/α,β-unsaturated/α-hetero) is 1. The normalized spacial score (nSPS) is 20.0. The molecule has 21 heavy (non-hydrogen) atoms. The van der Waals surface area contributed by atoms with Crippen LogP contribution >= 0.6 is 27.3 Å². The number of hydrogen-bond acceptors (Lipinski definition) is 3. The number of hydrogen-bond donors (Lipinski definition) is 0. The molecule has 1 aliphatic rings. The number of fused-ring (bicyclic) bond motifs is 1.